The van der Waals surface area contributed by atoms with Crippen LogP contribution in [-0.2, 0) is 13.8 Å². The average Bonchev–Trinajstić information content (AvgIpc) is 2.15. The molecule has 88 valence electrons. The van der Waals surface area contributed by atoms with Crippen LogP contribution in [0.15, 0.2) is 23.1 Å². The van der Waals surface area contributed by atoms with Crippen molar-refractivity contribution < 1.29 is 13.2 Å². The van der Waals surface area contributed by atoms with Crippen LogP contribution in [0.25, 0.3) is 0 Å². The van der Waals surface area contributed by atoms with Crippen LogP contribution in [-0.4, -0.2) is 14.3 Å². The highest BCUT2D eigenvalue weighted by Gasteiger charge is 2.15. The monoisotopic (exact) mass is 281 g/mol. The highest BCUT2D eigenvalue weighted by atomic mass is 35.7. The van der Waals surface area contributed by atoms with Crippen LogP contribution < -0.4 is 5.32 Å². The fourth-order valence-corrected chi connectivity index (χ4v) is 2.56. The van der Waals surface area contributed by atoms with Crippen LogP contribution in [0.4, 0.5) is 5.69 Å². The SMILES string of the molecule is CCC(=O)Nc1ccc(S(=O)(=O)Cl)c(Cl)c1. The van der Waals surface area contributed by atoms with Crippen molar-refractivity contribution in [3.63, 3.8) is 0 Å². The van der Waals surface area contributed by atoms with Crippen molar-refractivity contribution in [2.75, 3.05) is 5.32 Å². The second-order valence-electron chi connectivity index (χ2n) is 2.98. The Morgan fingerprint density at radius 1 is 1.44 bits per heavy atom. The number of nitrogens with one attached hydrogen (secondary N) is 1. The summed E-state index contributed by atoms with van der Waals surface area (Å²) in [5, 5.41) is 2.53. The molecule has 1 aromatic rings. The van der Waals surface area contributed by atoms with Gasteiger partial charge in [0.05, 0.1) is 5.02 Å². The Labute approximate surface area is 103 Å². The fraction of sp³-hybridized carbons (Fsp3) is 0.222. The summed E-state index contributed by atoms with van der Waals surface area (Å²) in [4.78, 5) is 10.9. The van der Waals surface area contributed by atoms with E-state index in [0.717, 1.165) is 0 Å². The average molecular weight is 282 g/mol. The molecule has 1 N–H and O–H groups in total. The summed E-state index contributed by atoms with van der Waals surface area (Å²) in [5.74, 6) is -0.183. The molecule has 0 aliphatic rings. The van der Waals surface area contributed by atoms with Crippen LogP contribution in [0.5, 0.6) is 0 Å². The van der Waals surface area contributed by atoms with E-state index in [1.54, 1.807) is 6.92 Å². The van der Waals surface area contributed by atoms with Gasteiger partial charge in [-0.1, -0.05) is 18.5 Å². The number of hydrogen-bond acceptors (Lipinski definition) is 3. The van der Waals surface area contributed by atoms with Crippen molar-refractivity contribution in [3.8, 4) is 0 Å². The minimum atomic E-state index is -3.86. The highest BCUT2D eigenvalue weighted by Crippen LogP contribution is 2.27. The van der Waals surface area contributed by atoms with E-state index >= 15 is 0 Å². The summed E-state index contributed by atoms with van der Waals surface area (Å²) >= 11 is 5.73. The number of hydrogen-bond donors (Lipinski definition) is 1. The molecule has 0 bridgehead atoms. The van der Waals surface area contributed by atoms with Gasteiger partial charge in [-0.2, -0.15) is 0 Å². The fourth-order valence-electron chi connectivity index (χ4n) is 1.03. The number of rotatable bonds is 3. The largest absolute Gasteiger partial charge is 0.326 e. The summed E-state index contributed by atoms with van der Waals surface area (Å²) in [6.07, 6.45) is 0.327. The maximum atomic E-state index is 11.1. The van der Waals surface area contributed by atoms with Gasteiger partial charge in [-0.25, -0.2) is 8.42 Å². The molecule has 1 rings (SSSR count). The lowest BCUT2D eigenvalue weighted by Gasteiger charge is -2.05. The normalized spacial score (nSPS) is 11.2. The van der Waals surface area contributed by atoms with Gasteiger partial charge >= 0.3 is 0 Å². The maximum absolute atomic E-state index is 11.1. The molecule has 0 aromatic heterocycles. The summed E-state index contributed by atoms with van der Waals surface area (Å²) in [6.45, 7) is 1.70. The van der Waals surface area contributed by atoms with Crippen LogP contribution in [0.2, 0.25) is 5.02 Å². The van der Waals surface area contributed by atoms with Crippen molar-refractivity contribution in [2.24, 2.45) is 0 Å². The third-order valence-electron chi connectivity index (χ3n) is 1.80. The molecule has 0 heterocycles. The van der Waals surface area contributed by atoms with Gasteiger partial charge in [0.25, 0.3) is 9.05 Å². The van der Waals surface area contributed by atoms with E-state index in [9.17, 15) is 13.2 Å². The number of carbonyl (C=O) groups excluding carboxylic acids is 1. The van der Waals surface area contributed by atoms with Gasteiger partial charge in [-0.3, -0.25) is 4.79 Å². The molecule has 0 unspecified atom stereocenters. The van der Waals surface area contributed by atoms with E-state index in [2.05, 4.69) is 5.32 Å². The van der Waals surface area contributed by atoms with Crippen LogP contribution in [0.1, 0.15) is 13.3 Å². The molecule has 4 nitrogen and oxygen atoms in total. The molecule has 0 radical (unpaired) electrons. The third-order valence-corrected chi connectivity index (χ3v) is 3.60. The van der Waals surface area contributed by atoms with E-state index in [4.69, 9.17) is 22.3 Å². The zero-order valence-corrected chi connectivity index (χ0v) is 10.7. The Bertz CT molecular complexity index is 513. The van der Waals surface area contributed by atoms with E-state index < -0.39 is 9.05 Å². The minimum absolute atomic E-state index is 0.0242. The lowest BCUT2D eigenvalue weighted by Crippen LogP contribution is -2.09. The van der Waals surface area contributed by atoms with E-state index in [-0.39, 0.29) is 15.8 Å². The first-order valence-corrected chi connectivity index (χ1v) is 7.07. The lowest BCUT2D eigenvalue weighted by atomic mass is 10.3. The zero-order valence-electron chi connectivity index (χ0n) is 8.33. The van der Waals surface area contributed by atoms with E-state index in [0.29, 0.717) is 12.1 Å². The number of halogens is 2. The number of carbonyl (C=O) groups is 1. The van der Waals surface area contributed by atoms with Crippen molar-refractivity contribution in [3.05, 3.63) is 23.2 Å². The smallest absolute Gasteiger partial charge is 0.262 e. The molecule has 1 aromatic carbocycles. The van der Waals surface area contributed by atoms with Gasteiger partial charge in [-0.05, 0) is 18.2 Å². The van der Waals surface area contributed by atoms with Crippen molar-refractivity contribution in [1.82, 2.24) is 0 Å². The second-order valence-corrected chi connectivity index (χ2v) is 5.93. The molecule has 0 saturated carbocycles. The van der Waals surface area contributed by atoms with Crippen LogP contribution >= 0.6 is 22.3 Å². The van der Waals surface area contributed by atoms with Gasteiger partial charge in [0.15, 0.2) is 0 Å². The molecule has 1 amide bonds. The van der Waals surface area contributed by atoms with Gasteiger partial charge in [-0.15, -0.1) is 0 Å². The topological polar surface area (TPSA) is 63.2 Å². The number of anilines is 1. The predicted octanol–water partition coefficient (Wildman–Crippen LogP) is 2.62. The quantitative estimate of drug-likeness (QED) is 0.867. The molecule has 0 aliphatic carbocycles. The first kappa shape index (κ1) is 13.3. The first-order valence-electron chi connectivity index (χ1n) is 4.38. The Hall–Kier alpha value is -0.780. The van der Waals surface area contributed by atoms with E-state index in [1.165, 1.54) is 18.2 Å². The van der Waals surface area contributed by atoms with E-state index in [1.807, 2.05) is 0 Å². The molecule has 0 atom stereocenters. The highest BCUT2D eigenvalue weighted by molar-refractivity contribution is 8.13. The molecular formula is C9H9Cl2NO3S. The minimum Gasteiger partial charge on any atom is -0.326 e. The maximum Gasteiger partial charge on any atom is 0.262 e. The van der Waals surface area contributed by atoms with Gasteiger partial charge in [0.2, 0.25) is 5.91 Å². The Balaban J connectivity index is 3.05. The second kappa shape index (κ2) is 5.03. The predicted molar refractivity (Wildman–Crippen MR) is 63.4 cm³/mol. The zero-order chi connectivity index (χ0) is 12.3. The molecular weight excluding hydrogens is 273 g/mol. The molecule has 0 spiro atoms. The summed E-state index contributed by atoms with van der Waals surface area (Å²) < 4.78 is 22.1. The Morgan fingerprint density at radius 3 is 2.50 bits per heavy atom. The van der Waals surface area contributed by atoms with Gasteiger partial charge in [0.1, 0.15) is 4.90 Å². The third kappa shape index (κ3) is 3.37. The summed E-state index contributed by atoms with van der Waals surface area (Å²) in [5.41, 5.74) is 0.431. The molecule has 16 heavy (non-hydrogen) atoms. The molecule has 0 aliphatic heterocycles. The lowest BCUT2D eigenvalue weighted by molar-refractivity contribution is -0.115. The molecule has 0 saturated heterocycles. The van der Waals surface area contributed by atoms with Crippen LogP contribution in [0, 0.1) is 0 Å². The summed E-state index contributed by atoms with van der Waals surface area (Å²) in [7, 11) is 1.29. The first-order chi connectivity index (χ1) is 7.34. The van der Waals surface area contributed by atoms with Gasteiger partial charge < -0.3 is 5.32 Å². The Kier molecular flexibility index (Phi) is 4.18. The summed E-state index contributed by atoms with van der Waals surface area (Å²) in [6, 6.07) is 4.01. The Morgan fingerprint density at radius 2 is 2.06 bits per heavy atom. The van der Waals surface area contributed by atoms with Gasteiger partial charge in [0, 0.05) is 22.8 Å². The number of benzene rings is 1. The molecule has 0 fully saturated rings. The van der Waals surface area contributed by atoms with Crippen molar-refractivity contribution >= 4 is 42.9 Å². The van der Waals surface area contributed by atoms with Crippen molar-refractivity contribution in [1.29, 1.82) is 0 Å². The number of amides is 1. The van der Waals surface area contributed by atoms with Crippen LogP contribution in [0.3, 0.4) is 0 Å². The standard InChI is InChI=1S/C9H9Cl2NO3S/c1-2-9(13)12-6-3-4-8(7(10)5-6)16(11,14)15/h3-5H,2H2,1H3,(H,12,13). The van der Waals surface area contributed by atoms with Crippen molar-refractivity contribution in [2.45, 2.75) is 18.2 Å². The molecule has 7 heteroatoms.